The van der Waals surface area contributed by atoms with Gasteiger partial charge in [0, 0.05) is 6.07 Å². The fraction of sp³-hybridized carbons (Fsp3) is 0.417. The molecule has 9 nitrogen and oxygen atoms in total. The Morgan fingerprint density at radius 2 is 2.00 bits per heavy atom. The Balaban J connectivity index is 3.26. The quantitative estimate of drug-likeness (QED) is 0.561. The number of rotatable bonds is 7. The van der Waals surface area contributed by atoms with Crippen molar-refractivity contribution >= 4 is 21.7 Å². The highest BCUT2D eigenvalue weighted by atomic mass is 32.2. The van der Waals surface area contributed by atoms with E-state index in [2.05, 4.69) is 0 Å². The molecule has 0 aliphatic rings. The first kappa shape index (κ1) is 17.9. The molecule has 0 heterocycles. The minimum Gasteiger partial charge on any atom is -0.490 e. The van der Waals surface area contributed by atoms with Gasteiger partial charge in [0.2, 0.25) is 10.0 Å². The maximum Gasteiger partial charge on any atom is 0.322 e. The predicted molar refractivity (Wildman–Crippen MR) is 76.2 cm³/mol. The number of nitro benzene ring substituents is 1. The number of hydrogen-bond acceptors (Lipinski definition) is 6. The van der Waals surface area contributed by atoms with E-state index in [1.807, 2.05) is 4.72 Å². The molecular formula is C12H16N2O7S. The van der Waals surface area contributed by atoms with E-state index in [4.69, 9.17) is 9.84 Å². The molecule has 1 atom stereocenters. The lowest BCUT2D eigenvalue weighted by Crippen LogP contribution is -2.44. The number of carbonyl (C=O) groups is 1. The van der Waals surface area contributed by atoms with Crippen LogP contribution in [-0.2, 0) is 14.8 Å². The Morgan fingerprint density at radius 3 is 2.41 bits per heavy atom. The normalized spacial score (nSPS) is 12.9. The molecule has 0 fully saturated rings. The van der Waals surface area contributed by atoms with Crippen LogP contribution in [-0.4, -0.2) is 37.6 Å². The van der Waals surface area contributed by atoms with Gasteiger partial charge in [0.05, 0.1) is 16.9 Å². The summed E-state index contributed by atoms with van der Waals surface area (Å²) in [5, 5.41) is 19.9. The molecule has 0 radical (unpaired) electrons. The van der Waals surface area contributed by atoms with Crippen LogP contribution in [0.25, 0.3) is 0 Å². The molecular weight excluding hydrogens is 316 g/mol. The number of carboxylic acids is 1. The van der Waals surface area contributed by atoms with Gasteiger partial charge in [0.15, 0.2) is 5.75 Å². The van der Waals surface area contributed by atoms with Crippen LogP contribution >= 0.6 is 0 Å². The number of aliphatic carboxylic acids is 1. The zero-order valence-electron chi connectivity index (χ0n) is 12.1. The summed E-state index contributed by atoms with van der Waals surface area (Å²) < 4.78 is 31.2. The van der Waals surface area contributed by atoms with Crippen molar-refractivity contribution in [3.63, 3.8) is 0 Å². The third-order valence-electron chi connectivity index (χ3n) is 2.87. The summed E-state index contributed by atoms with van der Waals surface area (Å²) in [6, 6.07) is 1.72. The van der Waals surface area contributed by atoms with Crippen LogP contribution in [0.1, 0.15) is 13.8 Å². The molecule has 1 rings (SSSR count). The van der Waals surface area contributed by atoms with Crippen LogP contribution in [0.4, 0.5) is 5.69 Å². The molecule has 10 heteroatoms. The van der Waals surface area contributed by atoms with Gasteiger partial charge in [0.25, 0.3) is 0 Å². The van der Waals surface area contributed by atoms with Crippen molar-refractivity contribution in [3.8, 4) is 5.75 Å². The number of methoxy groups -OCH3 is 1. The van der Waals surface area contributed by atoms with Gasteiger partial charge in [-0.1, -0.05) is 13.8 Å². The van der Waals surface area contributed by atoms with E-state index in [-0.39, 0.29) is 5.75 Å². The van der Waals surface area contributed by atoms with Crippen molar-refractivity contribution < 1.29 is 28.0 Å². The van der Waals surface area contributed by atoms with E-state index >= 15 is 0 Å². The van der Waals surface area contributed by atoms with Crippen LogP contribution in [0.15, 0.2) is 23.1 Å². The molecule has 1 aromatic rings. The third kappa shape index (κ3) is 3.92. The van der Waals surface area contributed by atoms with E-state index in [9.17, 15) is 23.3 Å². The molecule has 1 unspecified atom stereocenters. The monoisotopic (exact) mass is 332 g/mol. The van der Waals surface area contributed by atoms with Gasteiger partial charge in [-0.05, 0) is 18.1 Å². The number of ether oxygens (including phenoxy) is 1. The van der Waals surface area contributed by atoms with Crippen molar-refractivity contribution in [2.45, 2.75) is 24.8 Å². The summed E-state index contributed by atoms with van der Waals surface area (Å²) in [4.78, 5) is 20.8. The van der Waals surface area contributed by atoms with Gasteiger partial charge in [-0.15, -0.1) is 0 Å². The topological polar surface area (TPSA) is 136 Å². The van der Waals surface area contributed by atoms with Crippen molar-refractivity contribution in [1.29, 1.82) is 0 Å². The molecule has 0 saturated carbocycles. The molecule has 22 heavy (non-hydrogen) atoms. The molecule has 0 saturated heterocycles. The third-order valence-corrected chi connectivity index (χ3v) is 4.31. The number of nitro groups is 1. The number of sulfonamides is 1. The Hall–Kier alpha value is -2.20. The first-order chi connectivity index (χ1) is 10.1. The van der Waals surface area contributed by atoms with Crippen LogP contribution < -0.4 is 9.46 Å². The molecule has 0 aliphatic carbocycles. The van der Waals surface area contributed by atoms with E-state index in [1.54, 1.807) is 0 Å². The largest absolute Gasteiger partial charge is 0.490 e. The number of carboxylic acid groups (broad SMARTS) is 1. The Labute approximate surface area is 127 Å². The number of nitrogens with zero attached hydrogens (tertiary/aromatic N) is 1. The Bertz CT molecular complexity index is 685. The highest BCUT2D eigenvalue weighted by molar-refractivity contribution is 7.89. The molecule has 1 aromatic carbocycles. The lowest BCUT2D eigenvalue weighted by molar-refractivity contribution is -0.386. The van der Waals surface area contributed by atoms with E-state index in [0.717, 1.165) is 18.2 Å². The molecule has 0 aromatic heterocycles. The average Bonchev–Trinajstić information content (AvgIpc) is 2.43. The van der Waals surface area contributed by atoms with Crippen molar-refractivity contribution in [3.05, 3.63) is 28.3 Å². The second kappa shape index (κ2) is 6.71. The molecule has 0 aliphatic heterocycles. The van der Waals surface area contributed by atoms with E-state index in [0.29, 0.717) is 0 Å². The zero-order chi connectivity index (χ0) is 17.1. The molecule has 2 N–H and O–H groups in total. The van der Waals surface area contributed by atoms with E-state index < -0.39 is 43.5 Å². The van der Waals surface area contributed by atoms with E-state index in [1.165, 1.54) is 21.0 Å². The van der Waals surface area contributed by atoms with Gasteiger partial charge in [-0.25, -0.2) is 8.42 Å². The van der Waals surface area contributed by atoms with Crippen molar-refractivity contribution in [2.75, 3.05) is 7.11 Å². The summed E-state index contributed by atoms with van der Waals surface area (Å²) in [6.07, 6.45) is 0. The summed E-state index contributed by atoms with van der Waals surface area (Å²) in [5.74, 6) is -1.93. The van der Waals surface area contributed by atoms with Crippen LogP contribution in [0, 0.1) is 16.0 Å². The van der Waals surface area contributed by atoms with Crippen LogP contribution in [0.2, 0.25) is 0 Å². The van der Waals surface area contributed by atoms with Gasteiger partial charge < -0.3 is 9.84 Å². The number of nitrogens with one attached hydrogen (secondary N) is 1. The van der Waals surface area contributed by atoms with Crippen molar-refractivity contribution in [2.24, 2.45) is 5.92 Å². The van der Waals surface area contributed by atoms with Crippen LogP contribution in [0.5, 0.6) is 5.75 Å². The van der Waals surface area contributed by atoms with Gasteiger partial charge in [0.1, 0.15) is 6.04 Å². The maximum atomic E-state index is 12.2. The Morgan fingerprint density at radius 1 is 1.41 bits per heavy atom. The van der Waals surface area contributed by atoms with Crippen molar-refractivity contribution in [1.82, 2.24) is 4.72 Å². The second-order valence-corrected chi connectivity index (χ2v) is 6.49. The van der Waals surface area contributed by atoms with Gasteiger partial charge in [-0.3, -0.25) is 14.9 Å². The van der Waals surface area contributed by atoms with Gasteiger partial charge in [-0.2, -0.15) is 4.72 Å². The zero-order valence-corrected chi connectivity index (χ0v) is 13.0. The fourth-order valence-electron chi connectivity index (χ4n) is 1.69. The first-order valence-electron chi connectivity index (χ1n) is 6.17. The molecule has 122 valence electrons. The lowest BCUT2D eigenvalue weighted by atomic mass is 10.1. The smallest absolute Gasteiger partial charge is 0.322 e. The van der Waals surface area contributed by atoms with Gasteiger partial charge >= 0.3 is 11.7 Å². The highest BCUT2D eigenvalue weighted by Gasteiger charge is 2.29. The summed E-state index contributed by atoms with van der Waals surface area (Å²) >= 11 is 0. The minimum absolute atomic E-state index is 0.0948. The lowest BCUT2D eigenvalue weighted by Gasteiger charge is -2.18. The first-order valence-corrected chi connectivity index (χ1v) is 7.66. The second-order valence-electron chi connectivity index (χ2n) is 4.77. The summed E-state index contributed by atoms with van der Waals surface area (Å²) in [7, 11) is -3.01. The Kier molecular flexibility index (Phi) is 5.44. The SMILES string of the molecule is COc1ccc(S(=O)(=O)NC(C(=O)O)C(C)C)cc1[N+](=O)[O-]. The fourth-order valence-corrected chi connectivity index (χ4v) is 3.04. The predicted octanol–water partition coefficient (Wildman–Crippen LogP) is 0.991. The standard InChI is InChI=1S/C12H16N2O7S/c1-7(2)11(12(15)16)13-22(19,20)8-4-5-10(21-3)9(6-8)14(17)18/h4-7,11,13H,1-3H3,(H,15,16). The maximum absolute atomic E-state index is 12.2. The summed E-state index contributed by atoms with van der Waals surface area (Å²) in [5.41, 5.74) is -0.526. The minimum atomic E-state index is -4.22. The average molecular weight is 332 g/mol. The molecule has 0 amide bonds. The van der Waals surface area contributed by atoms with Crippen LogP contribution in [0.3, 0.4) is 0 Å². The molecule has 0 bridgehead atoms. The number of hydrogen-bond donors (Lipinski definition) is 2. The highest BCUT2D eigenvalue weighted by Crippen LogP contribution is 2.29. The molecule has 0 spiro atoms. The number of benzene rings is 1. The summed E-state index contributed by atoms with van der Waals surface area (Å²) in [6.45, 7) is 3.08.